The fraction of sp³-hybridized carbons (Fsp3) is 0.615. The summed E-state index contributed by atoms with van der Waals surface area (Å²) in [5.41, 5.74) is 0.721. The van der Waals surface area contributed by atoms with Crippen molar-refractivity contribution in [1.29, 1.82) is 0 Å². The van der Waals surface area contributed by atoms with Gasteiger partial charge in [0.1, 0.15) is 6.26 Å². The first kappa shape index (κ1) is 12.0. The van der Waals surface area contributed by atoms with Crippen molar-refractivity contribution < 1.29 is 9.21 Å². The normalized spacial score (nSPS) is 12.7. The molecule has 1 rings (SSSR count). The molecule has 1 aromatic rings. The Bertz CT molecular complexity index is 275. The standard InChI is InChI=1S/C13H20O2/c1-3-5-6-7-11(4-2)13(14)12-8-9-15-10-12/h8-11H,3-7H2,1-2H3. The van der Waals surface area contributed by atoms with Gasteiger partial charge in [-0.25, -0.2) is 0 Å². The highest BCUT2D eigenvalue weighted by molar-refractivity contribution is 5.97. The molecule has 1 unspecified atom stereocenters. The van der Waals surface area contributed by atoms with Gasteiger partial charge >= 0.3 is 0 Å². The molecule has 0 bridgehead atoms. The minimum Gasteiger partial charge on any atom is -0.472 e. The molecule has 0 spiro atoms. The third kappa shape index (κ3) is 3.54. The van der Waals surface area contributed by atoms with Crippen LogP contribution in [0.5, 0.6) is 0 Å². The number of hydrogen-bond donors (Lipinski definition) is 0. The number of Topliss-reactive ketones (excluding diaryl/α,β-unsaturated/α-hetero) is 1. The van der Waals surface area contributed by atoms with Crippen molar-refractivity contribution >= 4 is 5.78 Å². The smallest absolute Gasteiger partial charge is 0.169 e. The van der Waals surface area contributed by atoms with Crippen LogP contribution in [0.1, 0.15) is 56.3 Å². The molecular formula is C13H20O2. The van der Waals surface area contributed by atoms with E-state index in [-0.39, 0.29) is 11.7 Å². The number of ketones is 1. The summed E-state index contributed by atoms with van der Waals surface area (Å²) in [5.74, 6) is 0.413. The molecule has 2 nitrogen and oxygen atoms in total. The summed E-state index contributed by atoms with van der Waals surface area (Å²) < 4.78 is 4.94. The van der Waals surface area contributed by atoms with Gasteiger partial charge in [0, 0.05) is 5.92 Å². The minimum absolute atomic E-state index is 0.175. The predicted octanol–water partition coefficient (Wildman–Crippen LogP) is 4.07. The molecule has 0 aliphatic carbocycles. The van der Waals surface area contributed by atoms with E-state index >= 15 is 0 Å². The summed E-state index contributed by atoms with van der Waals surface area (Å²) in [5, 5.41) is 0. The maximum Gasteiger partial charge on any atom is 0.169 e. The fourth-order valence-corrected chi connectivity index (χ4v) is 1.80. The Kier molecular flexibility index (Phi) is 5.16. The molecule has 0 saturated heterocycles. The van der Waals surface area contributed by atoms with Crippen LogP contribution in [-0.4, -0.2) is 5.78 Å². The summed E-state index contributed by atoms with van der Waals surface area (Å²) >= 11 is 0. The molecule has 1 heterocycles. The van der Waals surface area contributed by atoms with Crippen LogP contribution in [0.2, 0.25) is 0 Å². The predicted molar refractivity (Wildman–Crippen MR) is 61.0 cm³/mol. The van der Waals surface area contributed by atoms with Crippen molar-refractivity contribution in [2.45, 2.75) is 46.0 Å². The quantitative estimate of drug-likeness (QED) is 0.499. The lowest BCUT2D eigenvalue weighted by Gasteiger charge is -2.11. The van der Waals surface area contributed by atoms with Crippen molar-refractivity contribution in [3.63, 3.8) is 0 Å². The molecule has 0 aliphatic rings. The number of hydrogen-bond acceptors (Lipinski definition) is 2. The van der Waals surface area contributed by atoms with Gasteiger partial charge in [-0.2, -0.15) is 0 Å². The van der Waals surface area contributed by atoms with E-state index in [1.54, 1.807) is 18.6 Å². The topological polar surface area (TPSA) is 30.2 Å². The minimum atomic E-state index is 0.175. The first-order valence-corrected chi connectivity index (χ1v) is 5.86. The molecule has 0 saturated carbocycles. The summed E-state index contributed by atoms with van der Waals surface area (Å²) in [6.45, 7) is 4.26. The highest BCUT2D eigenvalue weighted by atomic mass is 16.3. The summed E-state index contributed by atoms with van der Waals surface area (Å²) in [6, 6.07) is 1.75. The molecular weight excluding hydrogens is 188 g/mol. The van der Waals surface area contributed by atoms with E-state index in [0.717, 1.165) is 24.8 Å². The third-order valence-electron chi connectivity index (χ3n) is 2.83. The molecule has 0 amide bonds. The molecule has 0 aliphatic heterocycles. The third-order valence-corrected chi connectivity index (χ3v) is 2.83. The zero-order valence-electron chi connectivity index (χ0n) is 9.66. The van der Waals surface area contributed by atoms with Crippen LogP contribution in [0.4, 0.5) is 0 Å². The zero-order chi connectivity index (χ0) is 11.1. The monoisotopic (exact) mass is 208 g/mol. The van der Waals surface area contributed by atoms with E-state index in [9.17, 15) is 4.79 Å². The Morgan fingerprint density at radius 3 is 2.73 bits per heavy atom. The van der Waals surface area contributed by atoms with Crippen LogP contribution in [0.25, 0.3) is 0 Å². The average molecular weight is 208 g/mol. The highest BCUT2D eigenvalue weighted by Crippen LogP contribution is 2.19. The van der Waals surface area contributed by atoms with Crippen LogP contribution in [0, 0.1) is 5.92 Å². The lowest BCUT2D eigenvalue weighted by molar-refractivity contribution is 0.0907. The Hall–Kier alpha value is -1.05. The van der Waals surface area contributed by atoms with Gasteiger partial charge in [0.15, 0.2) is 5.78 Å². The van der Waals surface area contributed by atoms with E-state index in [4.69, 9.17) is 4.42 Å². The van der Waals surface area contributed by atoms with E-state index in [1.165, 1.54) is 12.8 Å². The van der Waals surface area contributed by atoms with Crippen molar-refractivity contribution in [1.82, 2.24) is 0 Å². The van der Waals surface area contributed by atoms with Gasteiger partial charge in [0.2, 0.25) is 0 Å². The Morgan fingerprint density at radius 2 is 2.20 bits per heavy atom. The lowest BCUT2D eigenvalue weighted by atomic mass is 9.91. The molecule has 0 fully saturated rings. The van der Waals surface area contributed by atoms with Crippen LogP contribution < -0.4 is 0 Å². The molecule has 15 heavy (non-hydrogen) atoms. The van der Waals surface area contributed by atoms with Gasteiger partial charge in [-0.1, -0.05) is 33.1 Å². The first-order chi connectivity index (χ1) is 7.29. The highest BCUT2D eigenvalue weighted by Gasteiger charge is 2.18. The van der Waals surface area contributed by atoms with Crippen LogP contribution >= 0.6 is 0 Å². The van der Waals surface area contributed by atoms with Crippen LogP contribution in [-0.2, 0) is 0 Å². The van der Waals surface area contributed by atoms with Gasteiger partial charge in [0.25, 0.3) is 0 Å². The molecule has 0 N–H and O–H groups in total. The number of furan rings is 1. The van der Waals surface area contributed by atoms with E-state index in [2.05, 4.69) is 13.8 Å². The van der Waals surface area contributed by atoms with E-state index in [0.29, 0.717) is 0 Å². The van der Waals surface area contributed by atoms with Crippen molar-refractivity contribution in [3.8, 4) is 0 Å². The Labute approximate surface area is 91.7 Å². The van der Waals surface area contributed by atoms with Gasteiger partial charge in [-0.3, -0.25) is 4.79 Å². The van der Waals surface area contributed by atoms with Crippen molar-refractivity contribution in [2.75, 3.05) is 0 Å². The second-order valence-corrected chi connectivity index (χ2v) is 3.98. The van der Waals surface area contributed by atoms with Gasteiger partial charge in [0.05, 0.1) is 11.8 Å². The average Bonchev–Trinajstić information content (AvgIpc) is 2.77. The van der Waals surface area contributed by atoms with Crippen LogP contribution in [0.3, 0.4) is 0 Å². The largest absolute Gasteiger partial charge is 0.472 e. The second-order valence-electron chi connectivity index (χ2n) is 3.98. The number of carbonyl (C=O) groups is 1. The number of carbonyl (C=O) groups excluding carboxylic acids is 1. The molecule has 1 aromatic heterocycles. The summed E-state index contributed by atoms with van der Waals surface area (Å²) in [4.78, 5) is 12.0. The molecule has 0 radical (unpaired) electrons. The SMILES string of the molecule is CCCCCC(CC)C(=O)c1ccoc1. The molecule has 0 aromatic carbocycles. The van der Waals surface area contributed by atoms with Gasteiger partial charge < -0.3 is 4.42 Å². The Balaban J connectivity index is 2.47. The van der Waals surface area contributed by atoms with Crippen molar-refractivity contribution in [2.24, 2.45) is 5.92 Å². The molecule has 1 atom stereocenters. The Morgan fingerprint density at radius 1 is 1.40 bits per heavy atom. The maximum atomic E-state index is 12.0. The van der Waals surface area contributed by atoms with Crippen LogP contribution in [0.15, 0.2) is 23.0 Å². The molecule has 84 valence electrons. The maximum absolute atomic E-state index is 12.0. The second kappa shape index (κ2) is 6.44. The van der Waals surface area contributed by atoms with Gasteiger partial charge in [-0.05, 0) is 18.9 Å². The van der Waals surface area contributed by atoms with Crippen molar-refractivity contribution in [3.05, 3.63) is 24.2 Å². The number of rotatable bonds is 7. The van der Waals surface area contributed by atoms with Gasteiger partial charge in [-0.15, -0.1) is 0 Å². The molecule has 2 heteroatoms. The lowest BCUT2D eigenvalue weighted by Crippen LogP contribution is -2.13. The van der Waals surface area contributed by atoms with E-state index < -0.39 is 0 Å². The summed E-state index contributed by atoms with van der Waals surface area (Å²) in [6.07, 6.45) is 8.61. The zero-order valence-corrected chi connectivity index (χ0v) is 9.66. The number of unbranched alkanes of at least 4 members (excludes halogenated alkanes) is 2. The summed E-state index contributed by atoms with van der Waals surface area (Å²) in [7, 11) is 0. The fourth-order valence-electron chi connectivity index (χ4n) is 1.80. The van der Waals surface area contributed by atoms with E-state index in [1.807, 2.05) is 0 Å². The first-order valence-electron chi connectivity index (χ1n) is 5.86.